The van der Waals surface area contributed by atoms with E-state index in [1.807, 2.05) is 0 Å². The average molecular weight is 212 g/mol. The van der Waals surface area contributed by atoms with Crippen molar-refractivity contribution in [2.45, 2.75) is 20.3 Å². The monoisotopic (exact) mass is 212 g/mol. The molecule has 3 rings (SSSR count). The first-order chi connectivity index (χ1) is 7.69. The normalized spacial score (nSPS) is 42.9. The maximum Gasteiger partial charge on any atom is -0.0110 e. The van der Waals surface area contributed by atoms with E-state index < -0.39 is 0 Å². The summed E-state index contributed by atoms with van der Waals surface area (Å²) in [6.07, 6.45) is 19.9. The van der Waals surface area contributed by atoms with Crippen molar-refractivity contribution in [3.05, 3.63) is 48.6 Å². The van der Waals surface area contributed by atoms with Crippen LogP contribution in [-0.4, -0.2) is 0 Å². The van der Waals surface area contributed by atoms with Crippen LogP contribution < -0.4 is 0 Å². The van der Waals surface area contributed by atoms with E-state index in [0.717, 1.165) is 23.7 Å². The summed E-state index contributed by atoms with van der Waals surface area (Å²) in [4.78, 5) is 0. The molecule has 0 N–H and O–H groups in total. The molecule has 0 saturated heterocycles. The first-order valence-electron chi connectivity index (χ1n) is 6.39. The summed E-state index contributed by atoms with van der Waals surface area (Å²) in [5, 5.41) is 0. The van der Waals surface area contributed by atoms with Crippen LogP contribution in [0.25, 0.3) is 0 Å². The van der Waals surface area contributed by atoms with E-state index in [-0.39, 0.29) is 0 Å². The molecule has 0 heteroatoms. The molecule has 16 heavy (non-hydrogen) atoms. The first kappa shape index (κ1) is 10.1. The zero-order valence-corrected chi connectivity index (χ0v) is 10.1. The van der Waals surface area contributed by atoms with Gasteiger partial charge < -0.3 is 0 Å². The van der Waals surface area contributed by atoms with Crippen LogP contribution in [0.3, 0.4) is 0 Å². The van der Waals surface area contributed by atoms with Gasteiger partial charge in [0.15, 0.2) is 0 Å². The molecule has 4 atom stereocenters. The third-order valence-corrected chi connectivity index (χ3v) is 4.76. The maximum absolute atomic E-state index is 2.44. The second kappa shape index (κ2) is 3.48. The highest BCUT2D eigenvalue weighted by atomic mass is 14.5. The molecule has 0 aromatic carbocycles. The highest BCUT2D eigenvalue weighted by Crippen LogP contribution is 2.54. The molecule has 0 spiro atoms. The molecule has 0 radical (unpaired) electrons. The van der Waals surface area contributed by atoms with Crippen molar-refractivity contribution in [2.75, 3.05) is 0 Å². The first-order valence-corrected chi connectivity index (χ1v) is 6.39. The zero-order valence-electron chi connectivity index (χ0n) is 10.1. The van der Waals surface area contributed by atoms with Gasteiger partial charge in [-0.15, -0.1) is 0 Å². The minimum atomic E-state index is 0.385. The lowest BCUT2D eigenvalue weighted by Crippen LogP contribution is -2.44. The lowest BCUT2D eigenvalue weighted by Gasteiger charge is -2.51. The Morgan fingerprint density at radius 2 is 1.19 bits per heavy atom. The molecule has 84 valence electrons. The maximum atomic E-state index is 2.44. The van der Waals surface area contributed by atoms with Crippen molar-refractivity contribution >= 4 is 0 Å². The fraction of sp³-hybridized carbons (Fsp3) is 0.500. The molecular formula is C16H20. The second-order valence-corrected chi connectivity index (χ2v) is 5.98. The summed E-state index contributed by atoms with van der Waals surface area (Å²) in [6, 6.07) is 0. The third-order valence-electron chi connectivity index (χ3n) is 4.76. The highest BCUT2D eigenvalue weighted by molar-refractivity contribution is 5.25. The SMILES string of the molecule is CC1(C)C2C=CC=CC2CC2C=CC=CC21. The van der Waals surface area contributed by atoms with E-state index in [1.54, 1.807) is 0 Å². The molecule has 0 aromatic rings. The second-order valence-electron chi connectivity index (χ2n) is 5.98. The van der Waals surface area contributed by atoms with Crippen LogP contribution in [0, 0.1) is 29.1 Å². The zero-order chi connectivity index (χ0) is 11.2. The van der Waals surface area contributed by atoms with Crippen LogP contribution >= 0.6 is 0 Å². The molecule has 0 nitrogen and oxygen atoms in total. The fourth-order valence-corrected chi connectivity index (χ4v) is 3.89. The lowest BCUT2D eigenvalue weighted by atomic mass is 9.53. The molecule has 0 amide bonds. The Labute approximate surface area is 98.4 Å². The molecule has 3 aliphatic carbocycles. The molecule has 3 aliphatic rings. The lowest BCUT2D eigenvalue weighted by molar-refractivity contribution is 0.0540. The predicted molar refractivity (Wildman–Crippen MR) is 68.9 cm³/mol. The van der Waals surface area contributed by atoms with Gasteiger partial charge in [0.05, 0.1) is 0 Å². The summed E-state index contributed by atoms with van der Waals surface area (Å²) in [6.45, 7) is 4.88. The average Bonchev–Trinajstić information content (AvgIpc) is 2.29. The molecule has 0 bridgehead atoms. The Kier molecular flexibility index (Phi) is 2.20. The van der Waals surface area contributed by atoms with Crippen molar-refractivity contribution < 1.29 is 0 Å². The topological polar surface area (TPSA) is 0 Å². The van der Waals surface area contributed by atoms with Crippen LogP contribution in [0.15, 0.2) is 48.6 Å². The van der Waals surface area contributed by atoms with Crippen molar-refractivity contribution in [3.63, 3.8) is 0 Å². The van der Waals surface area contributed by atoms with Gasteiger partial charge >= 0.3 is 0 Å². The number of hydrogen-bond acceptors (Lipinski definition) is 0. The van der Waals surface area contributed by atoms with E-state index in [0.29, 0.717) is 5.41 Å². The van der Waals surface area contributed by atoms with Crippen LogP contribution in [0.1, 0.15) is 20.3 Å². The summed E-state index contributed by atoms with van der Waals surface area (Å²) in [5.41, 5.74) is 0.385. The van der Waals surface area contributed by atoms with Gasteiger partial charge in [0.25, 0.3) is 0 Å². The Morgan fingerprint density at radius 3 is 1.69 bits per heavy atom. The van der Waals surface area contributed by atoms with Crippen LogP contribution in [0.2, 0.25) is 0 Å². The third kappa shape index (κ3) is 1.36. The number of allylic oxidation sites excluding steroid dienone is 8. The van der Waals surface area contributed by atoms with Crippen molar-refractivity contribution in [1.29, 1.82) is 0 Å². The number of rotatable bonds is 0. The van der Waals surface area contributed by atoms with Gasteiger partial charge in [0.2, 0.25) is 0 Å². The van der Waals surface area contributed by atoms with Crippen LogP contribution in [0.4, 0.5) is 0 Å². The molecule has 1 fully saturated rings. The number of hydrogen-bond donors (Lipinski definition) is 0. The minimum Gasteiger partial charge on any atom is -0.0808 e. The summed E-state index contributed by atoms with van der Waals surface area (Å²) < 4.78 is 0. The minimum absolute atomic E-state index is 0.385. The summed E-state index contributed by atoms with van der Waals surface area (Å²) in [5.74, 6) is 2.93. The van der Waals surface area contributed by atoms with E-state index in [2.05, 4.69) is 62.5 Å². The van der Waals surface area contributed by atoms with Crippen LogP contribution in [-0.2, 0) is 0 Å². The van der Waals surface area contributed by atoms with E-state index in [9.17, 15) is 0 Å². The van der Waals surface area contributed by atoms with Gasteiger partial charge in [0.1, 0.15) is 0 Å². The van der Waals surface area contributed by atoms with Crippen molar-refractivity contribution in [1.82, 2.24) is 0 Å². The smallest absolute Gasteiger partial charge is 0.0110 e. The summed E-state index contributed by atoms with van der Waals surface area (Å²) in [7, 11) is 0. The molecule has 0 aliphatic heterocycles. The largest absolute Gasteiger partial charge is 0.0808 e. The van der Waals surface area contributed by atoms with E-state index in [4.69, 9.17) is 0 Å². The molecule has 1 saturated carbocycles. The van der Waals surface area contributed by atoms with Gasteiger partial charge in [-0.05, 0) is 35.5 Å². The van der Waals surface area contributed by atoms with Gasteiger partial charge in [-0.25, -0.2) is 0 Å². The van der Waals surface area contributed by atoms with Crippen molar-refractivity contribution in [2.24, 2.45) is 29.1 Å². The van der Waals surface area contributed by atoms with E-state index >= 15 is 0 Å². The number of fused-ring (bicyclic) bond motifs is 2. The van der Waals surface area contributed by atoms with Crippen LogP contribution in [0.5, 0.6) is 0 Å². The molecule has 0 heterocycles. The van der Waals surface area contributed by atoms with E-state index in [1.165, 1.54) is 6.42 Å². The molecule has 0 aromatic heterocycles. The Morgan fingerprint density at radius 1 is 0.750 bits per heavy atom. The standard InChI is InChI=1S/C16H20/c1-16(2)14-9-5-3-7-12(14)11-13-8-4-6-10-15(13)16/h3-10,12-15H,11H2,1-2H3. The fourth-order valence-electron chi connectivity index (χ4n) is 3.89. The van der Waals surface area contributed by atoms with Gasteiger partial charge in [-0.3, -0.25) is 0 Å². The molecular weight excluding hydrogens is 192 g/mol. The Balaban J connectivity index is 1.99. The Bertz CT molecular complexity index is 356. The molecule has 4 unspecified atom stereocenters. The quantitative estimate of drug-likeness (QED) is 0.566. The van der Waals surface area contributed by atoms with Gasteiger partial charge in [-0.2, -0.15) is 0 Å². The predicted octanol–water partition coefficient (Wildman–Crippen LogP) is 4.13. The van der Waals surface area contributed by atoms with Gasteiger partial charge in [0, 0.05) is 0 Å². The highest BCUT2D eigenvalue weighted by Gasteiger charge is 2.46. The van der Waals surface area contributed by atoms with Crippen molar-refractivity contribution in [3.8, 4) is 0 Å². The van der Waals surface area contributed by atoms with Gasteiger partial charge in [-0.1, -0.05) is 62.5 Å². The summed E-state index contributed by atoms with van der Waals surface area (Å²) >= 11 is 0. The Hall–Kier alpha value is -1.04.